The summed E-state index contributed by atoms with van der Waals surface area (Å²) >= 11 is -2.45. The highest BCUT2D eigenvalue weighted by molar-refractivity contribution is 7.92. The summed E-state index contributed by atoms with van der Waals surface area (Å²) < 4.78 is 25.2. The van der Waals surface area contributed by atoms with Crippen LogP contribution in [-0.4, -0.2) is 9.11 Å². The molecule has 0 radical (unpaired) electrons. The predicted molar refractivity (Wildman–Crippen MR) is 93.4 cm³/mol. The molecular formula is C19H16O2S2. The van der Waals surface area contributed by atoms with Crippen molar-refractivity contribution in [1.82, 2.24) is 0 Å². The summed E-state index contributed by atoms with van der Waals surface area (Å²) in [6, 6.07) is 24.2. The Balaban J connectivity index is 1.89. The van der Waals surface area contributed by atoms with E-state index in [2.05, 4.69) is 0 Å². The van der Waals surface area contributed by atoms with E-state index in [1.165, 1.54) is 0 Å². The van der Waals surface area contributed by atoms with Gasteiger partial charge in [-0.05, 0) is 43.3 Å². The summed E-state index contributed by atoms with van der Waals surface area (Å²) in [5, 5.41) is 0. The van der Waals surface area contributed by atoms with Crippen LogP contribution in [0.1, 0.15) is 5.56 Å². The molecule has 0 amide bonds. The lowest BCUT2D eigenvalue weighted by molar-refractivity contribution is 0.591. The zero-order valence-electron chi connectivity index (χ0n) is 12.6. The maximum absolute atomic E-state index is 12.7. The van der Waals surface area contributed by atoms with Gasteiger partial charge >= 0.3 is 0 Å². The molecule has 0 aromatic heterocycles. The number of hydrogen-bond acceptors (Lipinski definition) is 2. The molecule has 3 rings (SSSR count). The van der Waals surface area contributed by atoms with Crippen LogP contribution in [-0.2, 0) is 22.4 Å². The largest absolute Gasteiger partial charge is 0.606 e. The van der Waals surface area contributed by atoms with Gasteiger partial charge in [-0.3, -0.25) is 0 Å². The number of benzene rings is 3. The van der Waals surface area contributed by atoms with Crippen LogP contribution >= 0.6 is 0 Å². The molecule has 2 atom stereocenters. The first kappa shape index (κ1) is 16.1. The fourth-order valence-corrected chi connectivity index (χ4v) is 4.65. The normalized spacial score (nSPS) is 13.5. The lowest BCUT2D eigenvalue weighted by Crippen LogP contribution is -2.07. The molecule has 23 heavy (non-hydrogen) atoms. The minimum absolute atomic E-state index is 0.725. The first-order chi connectivity index (χ1) is 11.2. The Labute approximate surface area is 142 Å². The molecule has 0 aliphatic carbocycles. The van der Waals surface area contributed by atoms with Gasteiger partial charge in [-0.2, -0.15) is 0 Å². The van der Waals surface area contributed by atoms with E-state index in [0.717, 1.165) is 25.1 Å². The average Bonchev–Trinajstić information content (AvgIpc) is 2.62. The molecule has 0 heterocycles. The molecular weight excluding hydrogens is 324 g/mol. The van der Waals surface area contributed by atoms with Crippen molar-refractivity contribution in [3.63, 3.8) is 0 Å². The van der Waals surface area contributed by atoms with Crippen molar-refractivity contribution in [3.8, 4) is 0 Å². The van der Waals surface area contributed by atoms with Gasteiger partial charge in [0.15, 0.2) is 19.6 Å². The first-order valence-electron chi connectivity index (χ1n) is 7.21. The van der Waals surface area contributed by atoms with Crippen molar-refractivity contribution < 1.29 is 9.11 Å². The minimum atomic E-state index is -1.22. The monoisotopic (exact) mass is 340 g/mol. The summed E-state index contributed by atoms with van der Waals surface area (Å²) in [5.74, 6) is 0. The lowest BCUT2D eigenvalue weighted by atomic mass is 10.2. The van der Waals surface area contributed by atoms with Gasteiger partial charge in [0, 0.05) is 34.0 Å². The van der Waals surface area contributed by atoms with Crippen LogP contribution in [0.3, 0.4) is 0 Å². The van der Waals surface area contributed by atoms with Gasteiger partial charge in [0.25, 0.3) is 0 Å². The molecule has 0 aliphatic rings. The Kier molecular flexibility index (Phi) is 5.08. The van der Waals surface area contributed by atoms with Crippen LogP contribution in [0, 0.1) is 6.92 Å². The maximum Gasteiger partial charge on any atom is 0.161 e. The number of hydrogen-bond donors (Lipinski definition) is 0. The predicted octanol–water partition coefficient (Wildman–Crippen LogP) is 4.33. The highest BCUT2D eigenvalue weighted by Gasteiger charge is 2.21. The Morgan fingerprint density at radius 3 is 1.65 bits per heavy atom. The summed E-state index contributed by atoms with van der Waals surface area (Å²) in [7, 11) is 0. The zero-order chi connectivity index (χ0) is 16.2. The second-order valence-corrected chi connectivity index (χ2v) is 8.02. The van der Waals surface area contributed by atoms with Gasteiger partial charge in [0.2, 0.25) is 0 Å². The van der Waals surface area contributed by atoms with Gasteiger partial charge in [-0.15, -0.1) is 0 Å². The van der Waals surface area contributed by atoms with Gasteiger partial charge in [0.05, 0.1) is 0 Å². The summed E-state index contributed by atoms with van der Waals surface area (Å²) in [6.07, 6.45) is 0. The number of rotatable bonds is 4. The van der Waals surface area contributed by atoms with Crippen molar-refractivity contribution in [1.29, 1.82) is 0 Å². The van der Waals surface area contributed by atoms with Crippen molar-refractivity contribution in [2.45, 2.75) is 26.5 Å². The summed E-state index contributed by atoms with van der Waals surface area (Å²) in [6.45, 7) is 1.90. The fraction of sp³-hybridized carbons (Fsp3) is 0.0526. The molecule has 2 unspecified atom stereocenters. The van der Waals surface area contributed by atoms with E-state index in [4.69, 9.17) is 0 Å². The topological polar surface area (TPSA) is 46.1 Å². The molecule has 0 aliphatic heterocycles. The van der Waals surface area contributed by atoms with Crippen molar-refractivity contribution >= 4 is 22.4 Å². The first-order valence-corrected chi connectivity index (χ1v) is 9.51. The van der Waals surface area contributed by atoms with Crippen LogP contribution in [0.25, 0.3) is 0 Å². The number of aryl methyl sites for hydroxylation is 1. The zero-order valence-corrected chi connectivity index (χ0v) is 14.3. The van der Waals surface area contributed by atoms with E-state index in [9.17, 15) is 9.11 Å². The van der Waals surface area contributed by atoms with Gasteiger partial charge < -0.3 is 9.11 Å². The molecule has 3 aromatic rings. The Bertz CT molecular complexity index is 776. The highest BCUT2D eigenvalue weighted by Crippen LogP contribution is 2.28. The Hall–Kier alpha value is -1.72. The molecule has 0 saturated carbocycles. The van der Waals surface area contributed by atoms with E-state index in [1.807, 2.05) is 79.7 Å². The highest BCUT2D eigenvalue weighted by atomic mass is 32.2. The van der Waals surface area contributed by atoms with E-state index < -0.39 is 22.4 Å². The van der Waals surface area contributed by atoms with Crippen LogP contribution < -0.4 is 0 Å². The molecule has 0 saturated heterocycles. The second kappa shape index (κ2) is 7.23. The van der Waals surface area contributed by atoms with E-state index in [1.54, 1.807) is 6.07 Å². The van der Waals surface area contributed by atoms with Gasteiger partial charge in [-0.1, -0.05) is 36.4 Å². The molecule has 0 N–H and O–H groups in total. The second-order valence-electron chi connectivity index (χ2n) is 5.09. The lowest BCUT2D eigenvalue weighted by Gasteiger charge is -2.14. The van der Waals surface area contributed by atoms with Gasteiger partial charge in [-0.25, -0.2) is 0 Å². The van der Waals surface area contributed by atoms with Crippen LogP contribution in [0.5, 0.6) is 0 Å². The third-order valence-corrected chi connectivity index (χ3v) is 6.42. The molecule has 116 valence electrons. The maximum atomic E-state index is 12.7. The Morgan fingerprint density at radius 2 is 1.13 bits per heavy atom. The van der Waals surface area contributed by atoms with Crippen molar-refractivity contribution in [2.75, 3.05) is 0 Å². The molecule has 0 spiro atoms. The van der Waals surface area contributed by atoms with Gasteiger partial charge in [0.1, 0.15) is 0 Å². The molecule has 0 fully saturated rings. The standard InChI is InChI=1S/C19H16O2S2/c1-15-14-18(22(20)16-8-4-2-5-9-16)12-13-19(15)23(21)17-10-6-3-7-11-17/h2-14H,1H3. The minimum Gasteiger partial charge on any atom is -0.606 e. The van der Waals surface area contributed by atoms with Crippen LogP contribution in [0.2, 0.25) is 0 Å². The average molecular weight is 340 g/mol. The Morgan fingerprint density at radius 1 is 0.609 bits per heavy atom. The van der Waals surface area contributed by atoms with Crippen LogP contribution in [0.15, 0.2) is 98.4 Å². The SMILES string of the molecule is Cc1cc([S+]([O-])c2ccccc2)ccc1[S+]([O-])c1ccccc1. The van der Waals surface area contributed by atoms with Crippen molar-refractivity contribution in [3.05, 3.63) is 84.4 Å². The smallest absolute Gasteiger partial charge is 0.161 e. The molecule has 4 heteroatoms. The van der Waals surface area contributed by atoms with E-state index >= 15 is 0 Å². The third-order valence-electron chi connectivity index (χ3n) is 3.47. The third kappa shape index (κ3) is 3.62. The molecule has 2 nitrogen and oxygen atoms in total. The van der Waals surface area contributed by atoms with Crippen molar-refractivity contribution in [2.24, 2.45) is 0 Å². The fourth-order valence-electron chi connectivity index (χ4n) is 2.30. The quantitative estimate of drug-likeness (QED) is 0.664. The molecule has 0 bridgehead atoms. The van der Waals surface area contributed by atoms with E-state index in [-0.39, 0.29) is 0 Å². The molecule has 3 aromatic carbocycles. The van der Waals surface area contributed by atoms with E-state index in [0.29, 0.717) is 0 Å². The summed E-state index contributed by atoms with van der Waals surface area (Å²) in [5.41, 5.74) is 0.883. The van der Waals surface area contributed by atoms with Crippen LogP contribution in [0.4, 0.5) is 0 Å². The summed E-state index contributed by atoms with van der Waals surface area (Å²) in [4.78, 5) is 3.02.